The first kappa shape index (κ1) is 12.0. The molecule has 0 rings (SSSR count). The molecule has 0 saturated heterocycles. The van der Waals surface area contributed by atoms with Crippen LogP contribution in [0.1, 0.15) is 27.7 Å². The van der Waals surface area contributed by atoms with Gasteiger partial charge in [0.05, 0.1) is 11.6 Å². The third kappa shape index (κ3) is 5.31. The molecular formula is C9H18N4. The number of nitriles is 1. The molecule has 0 atom stereocenters. The number of nitrogens with one attached hydrogen (secondary N) is 1. The van der Waals surface area contributed by atoms with Gasteiger partial charge >= 0.3 is 0 Å². The van der Waals surface area contributed by atoms with Crippen LogP contribution in [0.5, 0.6) is 0 Å². The van der Waals surface area contributed by atoms with Gasteiger partial charge in [0, 0.05) is 6.54 Å². The van der Waals surface area contributed by atoms with E-state index in [1.165, 1.54) is 0 Å². The highest BCUT2D eigenvalue weighted by Crippen LogP contribution is 2.13. The smallest absolute Gasteiger partial charge is 0.161 e. The molecule has 0 aromatic rings. The maximum Gasteiger partial charge on any atom is 0.161 e. The molecule has 0 aromatic heterocycles. The van der Waals surface area contributed by atoms with Crippen molar-refractivity contribution in [2.45, 2.75) is 38.8 Å². The van der Waals surface area contributed by atoms with Gasteiger partial charge in [-0.15, -0.1) is 0 Å². The van der Waals surface area contributed by atoms with E-state index in [0.717, 1.165) is 6.54 Å². The van der Waals surface area contributed by atoms with E-state index in [-0.39, 0.29) is 5.54 Å². The normalized spacial score (nSPS) is 13.2. The average Bonchev–Trinajstić information content (AvgIpc) is 2.02. The molecule has 0 fully saturated rings. The van der Waals surface area contributed by atoms with Crippen LogP contribution in [-0.4, -0.2) is 24.7 Å². The van der Waals surface area contributed by atoms with Crippen molar-refractivity contribution in [3.8, 4) is 6.07 Å². The maximum absolute atomic E-state index is 8.70. The van der Waals surface area contributed by atoms with E-state index in [2.05, 4.69) is 21.6 Å². The summed E-state index contributed by atoms with van der Waals surface area (Å²) in [7, 11) is 1.87. The minimum absolute atomic E-state index is 0.247. The van der Waals surface area contributed by atoms with Gasteiger partial charge in [0.15, 0.2) is 5.54 Å². The van der Waals surface area contributed by atoms with Crippen LogP contribution in [0.3, 0.4) is 0 Å². The highest BCUT2D eigenvalue weighted by Gasteiger charge is 2.19. The first-order chi connectivity index (χ1) is 5.83. The summed E-state index contributed by atoms with van der Waals surface area (Å²) in [5.41, 5.74) is -0.964. The van der Waals surface area contributed by atoms with Gasteiger partial charge < -0.3 is 5.32 Å². The van der Waals surface area contributed by atoms with Crippen molar-refractivity contribution in [1.82, 2.24) is 5.32 Å². The van der Waals surface area contributed by atoms with Gasteiger partial charge in [-0.3, -0.25) is 0 Å². The van der Waals surface area contributed by atoms with Gasteiger partial charge in [0.2, 0.25) is 0 Å². The third-order valence-corrected chi connectivity index (χ3v) is 1.45. The number of hydrogen-bond donors (Lipinski definition) is 1. The van der Waals surface area contributed by atoms with Gasteiger partial charge in [0.1, 0.15) is 0 Å². The molecular weight excluding hydrogens is 164 g/mol. The molecule has 0 spiro atoms. The predicted octanol–water partition coefficient (Wildman–Crippen LogP) is 1.74. The maximum atomic E-state index is 8.70. The Bertz CT molecular complexity index is 222. The van der Waals surface area contributed by atoms with Gasteiger partial charge in [0.25, 0.3) is 0 Å². The lowest BCUT2D eigenvalue weighted by molar-refractivity contribution is 0.442. The molecule has 0 aliphatic heterocycles. The molecule has 4 heteroatoms. The fraction of sp³-hybridized carbons (Fsp3) is 0.889. The van der Waals surface area contributed by atoms with Crippen LogP contribution in [0, 0.1) is 11.3 Å². The first-order valence-electron chi connectivity index (χ1n) is 4.33. The largest absolute Gasteiger partial charge is 0.317 e. The minimum Gasteiger partial charge on any atom is -0.317 e. The summed E-state index contributed by atoms with van der Waals surface area (Å²) in [6.45, 7) is 8.18. The van der Waals surface area contributed by atoms with Crippen LogP contribution in [0.25, 0.3) is 0 Å². The van der Waals surface area contributed by atoms with Crippen molar-refractivity contribution >= 4 is 0 Å². The number of azo groups is 1. The number of hydrogen-bond acceptors (Lipinski definition) is 4. The molecule has 4 nitrogen and oxygen atoms in total. The number of rotatable bonds is 4. The molecule has 0 aliphatic rings. The van der Waals surface area contributed by atoms with Crippen molar-refractivity contribution in [3.63, 3.8) is 0 Å². The molecule has 0 aromatic carbocycles. The quantitative estimate of drug-likeness (QED) is 0.673. The molecule has 0 saturated carbocycles. The lowest BCUT2D eigenvalue weighted by Gasteiger charge is -2.18. The van der Waals surface area contributed by atoms with Crippen molar-refractivity contribution in [3.05, 3.63) is 0 Å². The van der Waals surface area contributed by atoms with Gasteiger partial charge in [-0.25, -0.2) is 0 Å². The van der Waals surface area contributed by atoms with Crippen molar-refractivity contribution in [2.24, 2.45) is 10.2 Å². The Balaban J connectivity index is 4.35. The highest BCUT2D eigenvalue weighted by molar-refractivity contribution is 4.99. The average molecular weight is 182 g/mol. The second-order valence-electron chi connectivity index (χ2n) is 4.21. The molecule has 0 amide bonds. The van der Waals surface area contributed by atoms with E-state index in [1.54, 1.807) is 13.8 Å². The molecule has 0 radical (unpaired) electrons. The topological polar surface area (TPSA) is 60.5 Å². The van der Waals surface area contributed by atoms with E-state index in [9.17, 15) is 0 Å². The summed E-state index contributed by atoms with van der Waals surface area (Å²) in [6.07, 6.45) is 0. The van der Waals surface area contributed by atoms with Gasteiger partial charge in [-0.2, -0.15) is 15.5 Å². The monoisotopic (exact) mass is 182 g/mol. The Kier molecular flexibility index (Phi) is 4.02. The summed E-state index contributed by atoms with van der Waals surface area (Å²) in [5, 5.41) is 19.8. The van der Waals surface area contributed by atoms with Crippen LogP contribution >= 0.6 is 0 Å². The summed E-state index contributed by atoms with van der Waals surface area (Å²) >= 11 is 0. The van der Waals surface area contributed by atoms with Gasteiger partial charge in [-0.1, -0.05) is 0 Å². The zero-order valence-electron chi connectivity index (χ0n) is 9.05. The lowest BCUT2D eigenvalue weighted by atomic mass is 10.1. The fourth-order valence-corrected chi connectivity index (χ4v) is 0.751. The molecule has 1 N–H and O–H groups in total. The van der Waals surface area contributed by atoms with Crippen LogP contribution in [0.15, 0.2) is 10.2 Å². The molecule has 0 aliphatic carbocycles. The first-order valence-corrected chi connectivity index (χ1v) is 4.33. The van der Waals surface area contributed by atoms with Crippen molar-refractivity contribution in [1.29, 1.82) is 5.26 Å². The van der Waals surface area contributed by atoms with Gasteiger partial charge in [-0.05, 0) is 34.7 Å². The molecule has 0 unspecified atom stereocenters. The summed E-state index contributed by atoms with van der Waals surface area (Å²) < 4.78 is 0. The third-order valence-electron chi connectivity index (χ3n) is 1.45. The van der Waals surface area contributed by atoms with Crippen LogP contribution in [0.2, 0.25) is 0 Å². The lowest BCUT2D eigenvalue weighted by Crippen LogP contribution is -2.31. The summed E-state index contributed by atoms with van der Waals surface area (Å²) in [6, 6.07) is 2.08. The van der Waals surface area contributed by atoms with E-state index < -0.39 is 5.54 Å². The Hall–Kier alpha value is -0.950. The second kappa shape index (κ2) is 4.33. The van der Waals surface area contributed by atoms with Crippen LogP contribution < -0.4 is 5.32 Å². The van der Waals surface area contributed by atoms with E-state index in [0.29, 0.717) is 0 Å². The van der Waals surface area contributed by atoms with Crippen molar-refractivity contribution in [2.75, 3.05) is 13.6 Å². The number of nitrogens with zero attached hydrogens (tertiary/aromatic N) is 3. The highest BCUT2D eigenvalue weighted by atomic mass is 15.2. The van der Waals surface area contributed by atoms with E-state index in [4.69, 9.17) is 5.26 Å². The molecule has 74 valence electrons. The molecule has 13 heavy (non-hydrogen) atoms. The Morgan fingerprint density at radius 1 is 1.23 bits per heavy atom. The zero-order valence-corrected chi connectivity index (χ0v) is 9.05. The minimum atomic E-state index is -0.717. The molecule has 0 heterocycles. The Morgan fingerprint density at radius 2 is 1.77 bits per heavy atom. The molecule has 0 bridgehead atoms. The number of likely N-dealkylation sites (N-methyl/N-ethyl adjacent to an activating group) is 1. The van der Waals surface area contributed by atoms with Crippen LogP contribution in [-0.2, 0) is 0 Å². The second-order valence-corrected chi connectivity index (χ2v) is 4.21. The Labute approximate surface area is 80.0 Å². The summed E-state index contributed by atoms with van der Waals surface area (Å²) in [5.74, 6) is 0. The standard InChI is InChI=1S/C9H18N4/c1-8(2,6-10)12-13-9(3,4)7-11-5/h11H,7H2,1-5H3. The Morgan fingerprint density at radius 3 is 2.15 bits per heavy atom. The SMILES string of the molecule is CNCC(C)(C)N=NC(C)(C)C#N. The van der Waals surface area contributed by atoms with E-state index in [1.807, 2.05) is 20.9 Å². The zero-order chi connectivity index (χ0) is 10.5. The summed E-state index contributed by atoms with van der Waals surface area (Å²) in [4.78, 5) is 0. The predicted molar refractivity (Wildman–Crippen MR) is 52.6 cm³/mol. The fourth-order valence-electron chi connectivity index (χ4n) is 0.751. The van der Waals surface area contributed by atoms with E-state index >= 15 is 0 Å². The van der Waals surface area contributed by atoms with Crippen LogP contribution in [0.4, 0.5) is 0 Å². The van der Waals surface area contributed by atoms with Crippen molar-refractivity contribution < 1.29 is 0 Å².